The second kappa shape index (κ2) is 27.4. The van der Waals surface area contributed by atoms with Crippen molar-refractivity contribution in [2.45, 2.75) is 12.8 Å². The summed E-state index contributed by atoms with van der Waals surface area (Å²) < 4.78 is 10.9. The largest absolute Gasteiger partial charge is 0.355 e. The molecule has 0 atom stereocenters. The first kappa shape index (κ1) is 58.1. The van der Waals surface area contributed by atoms with Crippen molar-refractivity contribution in [2.75, 3.05) is 13.2 Å². The van der Waals surface area contributed by atoms with E-state index >= 15 is 0 Å². The third-order valence-corrected chi connectivity index (χ3v) is 17.0. The van der Waals surface area contributed by atoms with Crippen LogP contribution in [0.15, 0.2) is 291 Å². The van der Waals surface area contributed by atoms with E-state index in [9.17, 15) is 0 Å². The third-order valence-electron chi connectivity index (χ3n) is 15.5. The molecule has 417 valence electrons. The molecule has 1 radical (unpaired) electrons. The van der Waals surface area contributed by atoms with Gasteiger partial charge in [-0.2, -0.15) is 0 Å². The second-order valence-corrected chi connectivity index (χ2v) is 23.8. The van der Waals surface area contributed by atoms with E-state index in [0.29, 0.717) is 0 Å². The van der Waals surface area contributed by atoms with Gasteiger partial charge in [0.05, 0.1) is 0 Å². The second-order valence-electron chi connectivity index (χ2n) is 20.8. The van der Waals surface area contributed by atoms with Gasteiger partial charge in [-0.3, -0.25) is 0 Å². The summed E-state index contributed by atoms with van der Waals surface area (Å²) in [7, 11) is 4.34. The average molecular weight is 1320 g/mol. The van der Waals surface area contributed by atoms with E-state index in [-0.39, 0.29) is 0 Å². The van der Waals surface area contributed by atoms with Crippen LogP contribution in [0.25, 0.3) is 130 Å². The Morgan fingerprint density at radius 3 is 0.651 bits per heavy atom. The Labute approximate surface area is 530 Å². The maximum atomic E-state index is 4.94. The van der Waals surface area contributed by atoms with Crippen molar-refractivity contribution >= 4 is 198 Å². The van der Waals surface area contributed by atoms with E-state index in [2.05, 4.69) is 360 Å². The normalized spacial score (nSPS) is 11.8. The summed E-state index contributed by atoms with van der Waals surface area (Å²) in [6.07, 6.45) is 2.56. The Balaban J connectivity index is 0.000000118. The van der Waals surface area contributed by atoms with Crippen molar-refractivity contribution in [1.82, 2.24) is 15.0 Å². The predicted octanol–water partition coefficient (Wildman–Crippen LogP) is 23.5. The van der Waals surface area contributed by atoms with Crippen LogP contribution in [0.3, 0.4) is 0 Å². The number of rotatable bonds is 0. The number of nitrogens with one attached hydrogen (secondary N) is 3. The summed E-state index contributed by atoms with van der Waals surface area (Å²) >= 11 is 14.1. The molecule has 86 heavy (non-hydrogen) atoms. The van der Waals surface area contributed by atoms with Crippen LogP contribution in [-0.4, -0.2) is 35.8 Å². The maximum absolute atomic E-state index is 4.94. The van der Waals surface area contributed by atoms with E-state index in [0.717, 1.165) is 59.7 Å². The summed E-state index contributed by atoms with van der Waals surface area (Å²) in [5.41, 5.74) is 6.70. The minimum atomic E-state index is 1.00. The van der Waals surface area contributed by atoms with Gasteiger partial charge in [-0.05, 0) is 150 Å². The SMILES string of the molecule is Brc1ccc2[nH]c3ccc(Br)cc3c3ccccc3c3ccccc3c2c1.Brc1ccc2[nH]c3ccccc3c3ccccc3c3ccccc3c2c1.C1CCOC1.[B]=NS.c1ccc2c(c1)[nH]c1ccccc1c1ccccc1c1ccccc21. The van der Waals surface area contributed by atoms with Crippen molar-refractivity contribution in [2.24, 2.45) is 4.30 Å². The molecule has 1 aliphatic rings. The number of H-pyrrole nitrogens is 3. The van der Waals surface area contributed by atoms with Gasteiger partial charge >= 0.3 is 24.8 Å². The summed E-state index contributed by atoms with van der Waals surface area (Å²) in [5, 5.41) is 22.2. The number of ether oxygens (including phenoxy) is 1. The summed E-state index contributed by atoms with van der Waals surface area (Å²) in [6, 6.07) is 96.7. The molecule has 1 saturated heterocycles. The zero-order valence-corrected chi connectivity index (χ0v) is 52.5. The van der Waals surface area contributed by atoms with Gasteiger partial charge in [0.2, 0.25) is 0 Å². The Hall–Kier alpha value is -8.35. The number of aromatic amines is 3. The number of benzene rings is 12. The standard InChI is InChI=1S/C24H15Br2N.C24H16BrN.C24H17N.C4H8O.BHNS/c25-15-9-11-23-21(13-15)19-7-3-1-5-17(19)18-6-2-4-8-20(18)22-14-16(26)10-12-24(22)27-23;25-16-13-14-24-22(15-16)20-10-4-2-8-18(20)17-7-1-3-9-19(17)21-11-5-6-12-23(21)26-24;1-3-11-19-17(9-1)18-10-2-4-12-20(18)22-14-6-8-16-24(22)25-23-15-7-5-13-21(19)23;1-2-4-5-3-1;1-2-3/h1-14,27H;1-15,26H;1-16,25H;1-4H2;3H. The van der Waals surface area contributed by atoms with Gasteiger partial charge in [0, 0.05) is 92.0 Å². The zero-order valence-electron chi connectivity index (χ0n) is 46.8. The van der Waals surface area contributed by atoms with Gasteiger partial charge in [-0.15, -0.1) is 0 Å². The first-order valence-electron chi connectivity index (χ1n) is 28.5. The van der Waals surface area contributed by atoms with Gasteiger partial charge in [0.1, 0.15) is 0 Å². The first-order chi connectivity index (χ1) is 42.3. The molecule has 3 N–H and O–H groups in total. The van der Waals surface area contributed by atoms with Gasteiger partial charge in [-0.1, -0.05) is 248 Å². The smallest absolute Gasteiger partial charge is 0.0464 e. The van der Waals surface area contributed by atoms with Crippen LogP contribution in [0.2, 0.25) is 0 Å². The third kappa shape index (κ3) is 12.6. The molecule has 16 rings (SSSR count). The number of hydrogen-bond donors (Lipinski definition) is 4. The van der Waals surface area contributed by atoms with Crippen LogP contribution in [0, 0.1) is 0 Å². The molecule has 15 aromatic rings. The number of halogens is 3. The van der Waals surface area contributed by atoms with Crippen LogP contribution in [0.5, 0.6) is 0 Å². The fourth-order valence-corrected chi connectivity index (χ4v) is 12.8. The van der Waals surface area contributed by atoms with Crippen molar-refractivity contribution in [3.05, 3.63) is 286 Å². The fraction of sp³-hybridized carbons (Fsp3) is 0.0526. The van der Waals surface area contributed by atoms with E-state index < -0.39 is 0 Å². The molecule has 0 saturated carbocycles. The fourth-order valence-electron chi connectivity index (χ4n) is 11.7. The monoisotopic (exact) mass is 1320 g/mol. The first-order valence-corrected chi connectivity index (χ1v) is 31.3. The van der Waals surface area contributed by atoms with Crippen molar-refractivity contribution < 1.29 is 4.74 Å². The molecule has 0 aliphatic carbocycles. The molecule has 3 aromatic heterocycles. The molecule has 10 heteroatoms. The van der Waals surface area contributed by atoms with Crippen molar-refractivity contribution in [3.63, 3.8) is 0 Å². The van der Waals surface area contributed by atoms with Crippen LogP contribution in [-0.2, 0) is 4.74 Å². The van der Waals surface area contributed by atoms with Crippen molar-refractivity contribution in [3.8, 4) is 0 Å². The van der Waals surface area contributed by atoms with E-state index in [4.69, 9.17) is 4.74 Å². The number of nitrogens with zero attached hydrogens (tertiary/aromatic N) is 1. The van der Waals surface area contributed by atoms with Gasteiger partial charge in [0.25, 0.3) is 0 Å². The summed E-state index contributed by atoms with van der Waals surface area (Å²) in [6.45, 7) is 2.00. The van der Waals surface area contributed by atoms with Gasteiger partial charge < -0.3 is 19.7 Å². The molecule has 1 fully saturated rings. The summed E-state index contributed by atoms with van der Waals surface area (Å²) in [5.74, 6) is 0. The van der Waals surface area contributed by atoms with Crippen LogP contribution < -0.4 is 0 Å². The Kier molecular flexibility index (Phi) is 18.5. The van der Waals surface area contributed by atoms with Crippen LogP contribution >= 0.6 is 60.6 Å². The molecular weight excluding hydrogens is 1270 g/mol. The van der Waals surface area contributed by atoms with Gasteiger partial charge in [-0.25, -0.2) is 0 Å². The number of aromatic nitrogens is 3. The molecule has 0 amide bonds. The molecule has 4 heterocycles. The summed E-state index contributed by atoms with van der Waals surface area (Å²) in [4.78, 5) is 11.0. The minimum Gasteiger partial charge on any atom is -0.355 e. The van der Waals surface area contributed by atoms with Crippen LogP contribution in [0.4, 0.5) is 0 Å². The van der Waals surface area contributed by atoms with E-state index in [1.54, 1.807) is 0 Å². The average Bonchev–Trinajstić information content (AvgIpc) is 2.03. The minimum absolute atomic E-state index is 1.00. The van der Waals surface area contributed by atoms with Crippen molar-refractivity contribution in [1.29, 1.82) is 0 Å². The number of para-hydroxylation sites is 3. The molecular formula is C76H57BBr3N4OS. The number of hydrogen-bond acceptors (Lipinski definition) is 3. The Morgan fingerprint density at radius 1 is 0.267 bits per heavy atom. The zero-order chi connectivity index (χ0) is 58.8. The molecule has 5 nitrogen and oxygen atoms in total. The Bertz CT molecular complexity index is 5010. The van der Waals surface area contributed by atoms with E-state index in [1.807, 2.05) is 0 Å². The molecule has 1 aliphatic heterocycles. The van der Waals surface area contributed by atoms with E-state index in [1.165, 1.54) is 110 Å². The topological polar surface area (TPSA) is 69.0 Å². The molecule has 0 bridgehead atoms. The Morgan fingerprint density at radius 2 is 0.442 bits per heavy atom. The maximum Gasteiger partial charge on any atom is 0.0464 e. The number of thiol groups is 1. The van der Waals surface area contributed by atoms with Crippen LogP contribution in [0.1, 0.15) is 12.8 Å². The predicted molar refractivity (Wildman–Crippen MR) is 386 cm³/mol. The van der Waals surface area contributed by atoms with Gasteiger partial charge in [0.15, 0.2) is 0 Å². The quantitative estimate of drug-likeness (QED) is 0.0887. The number of fused-ring (bicyclic) bond motifs is 21. The molecule has 0 unspecified atom stereocenters. The molecule has 12 aromatic carbocycles. The molecule has 0 spiro atoms.